The molecule has 172 valence electrons. The third kappa shape index (κ3) is 5.03. The summed E-state index contributed by atoms with van der Waals surface area (Å²) in [7, 11) is 0. The van der Waals surface area contributed by atoms with Gasteiger partial charge in [0.15, 0.2) is 23.8 Å². The Hall–Kier alpha value is -3.11. The zero-order valence-corrected chi connectivity index (χ0v) is 17.5. The van der Waals surface area contributed by atoms with Crippen LogP contribution in [0.2, 0.25) is 0 Å². The second-order valence-electron chi connectivity index (χ2n) is 7.79. The van der Waals surface area contributed by atoms with Crippen LogP contribution in [0.5, 0.6) is 5.75 Å². The molecular formula is C21H24F4N6O. The highest BCUT2D eigenvalue weighted by molar-refractivity contribution is 5.56. The average molecular weight is 452 g/mol. The molecule has 0 amide bonds. The summed E-state index contributed by atoms with van der Waals surface area (Å²) in [6.07, 6.45) is 2.82. The van der Waals surface area contributed by atoms with Gasteiger partial charge < -0.3 is 15.0 Å². The van der Waals surface area contributed by atoms with Crippen LogP contribution in [0.15, 0.2) is 36.8 Å². The number of hydrogen-bond donors (Lipinski definition) is 1. The quantitative estimate of drug-likeness (QED) is 0.514. The number of ether oxygens (including phenoxy) is 1. The highest BCUT2D eigenvalue weighted by Gasteiger charge is 2.31. The Kier molecular flexibility index (Phi) is 6.33. The molecule has 1 fully saturated rings. The van der Waals surface area contributed by atoms with E-state index in [9.17, 15) is 17.6 Å². The van der Waals surface area contributed by atoms with Crippen molar-refractivity contribution in [1.82, 2.24) is 19.6 Å². The number of nitrogens with one attached hydrogen (secondary N) is 1. The third-order valence-electron chi connectivity index (χ3n) is 5.62. The van der Waals surface area contributed by atoms with Gasteiger partial charge in [-0.15, -0.1) is 5.10 Å². The number of pyridine rings is 2. The van der Waals surface area contributed by atoms with Crippen LogP contribution in [0.4, 0.5) is 29.2 Å². The summed E-state index contributed by atoms with van der Waals surface area (Å²) in [5.41, 5.74) is 0.730. The lowest BCUT2D eigenvalue weighted by Crippen LogP contribution is -2.36. The average Bonchev–Trinajstić information content (AvgIpc) is 3.37. The largest absolute Gasteiger partial charge is 0.480 e. The first-order valence-electron chi connectivity index (χ1n) is 10.5. The van der Waals surface area contributed by atoms with Gasteiger partial charge in [-0.05, 0) is 43.9 Å². The number of nitrogens with zero attached hydrogens (tertiary/aromatic N) is 5. The first-order chi connectivity index (χ1) is 15.3. The number of halogens is 4. The lowest BCUT2D eigenvalue weighted by molar-refractivity contribution is -0.153. The molecular weight excluding hydrogens is 428 g/mol. The van der Waals surface area contributed by atoms with E-state index in [1.54, 1.807) is 24.5 Å². The SMILES string of the molecule is CCN(C[C@@H]1CCC[C@H]1Nc1nc2c(OCC(F)(F)F)cccn2n1)c1ccncc1F. The normalized spacial score (nSPS) is 18.8. The highest BCUT2D eigenvalue weighted by Crippen LogP contribution is 2.31. The van der Waals surface area contributed by atoms with E-state index in [4.69, 9.17) is 4.74 Å². The van der Waals surface area contributed by atoms with Crippen LogP contribution >= 0.6 is 0 Å². The molecule has 1 aliphatic carbocycles. The molecule has 0 bridgehead atoms. The van der Waals surface area contributed by atoms with Crippen molar-refractivity contribution in [2.45, 2.75) is 38.4 Å². The number of anilines is 2. The molecule has 3 heterocycles. The third-order valence-corrected chi connectivity index (χ3v) is 5.62. The predicted octanol–water partition coefficient (Wildman–Crippen LogP) is 4.31. The fourth-order valence-electron chi connectivity index (χ4n) is 4.13. The fourth-order valence-corrected chi connectivity index (χ4v) is 4.13. The summed E-state index contributed by atoms with van der Waals surface area (Å²) in [5.74, 6) is 0.210. The molecule has 4 rings (SSSR count). The molecule has 1 aliphatic rings. The van der Waals surface area contributed by atoms with Gasteiger partial charge in [0.05, 0.1) is 11.9 Å². The molecule has 2 atom stereocenters. The second-order valence-corrected chi connectivity index (χ2v) is 7.79. The molecule has 3 aromatic heterocycles. The van der Waals surface area contributed by atoms with Gasteiger partial charge in [0.25, 0.3) is 0 Å². The highest BCUT2D eigenvalue weighted by atomic mass is 19.4. The summed E-state index contributed by atoms with van der Waals surface area (Å²) in [5, 5.41) is 7.66. The maximum atomic E-state index is 14.2. The Balaban J connectivity index is 1.47. The lowest BCUT2D eigenvalue weighted by atomic mass is 10.0. The number of aromatic nitrogens is 4. The monoisotopic (exact) mass is 452 g/mol. The molecule has 0 spiro atoms. The Labute approximate surface area is 182 Å². The zero-order valence-electron chi connectivity index (χ0n) is 17.5. The van der Waals surface area contributed by atoms with Crippen molar-refractivity contribution in [2.24, 2.45) is 5.92 Å². The molecule has 11 heteroatoms. The minimum Gasteiger partial charge on any atom is -0.480 e. The van der Waals surface area contributed by atoms with Gasteiger partial charge in [-0.25, -0.2) is 8.91 Å². The van der Waals surface area contributed by atoms with Crippen molar-refractivity contribution < 1.29 is 22.3 Å². The fraction of sp³-hybridized carbons (Fsp3) is 0.476. The van der Waals surface area contributed by atoms with Gasteiger partial charge in [-0.1, -0.05) is 6.42 Å². The van der Waals surface area contributed by atoms with E-state index < -0.39 is 12.8 Å². The molecule has 1 saturated carbocycles. The van der Waals surface area contributed by atoms with E-state index in [0.29, 0.717) is 24.7 Å². The van der Waals surface area contributed by atoms with E-state index in [1.165, 1.54) is 16.8 Å². The van der Waals surface area contributed by atoms with E-state index in [0.717, 1.165) is 19.3 Å². The van der Waals surface area contributed by atoms with Gasteiger partial charge in [-0.2, -0.15) is 18.2 Å². The molecule has 1 N–H and O–H groups in total. The van der Waals surface area contributed by atoms with Gasteiger partial charge in [-0.3, -0.25) is 4.98 Å². The number of rotatable bonds is 8. The Morgan fingerprint density at radius 2 is 2.12 bits per heavy atom. The van der Waals surface area contributed by atoms with E-state index >= 15 is 0 Å². The lowest BCUT2D eigenvalue weighted by Gasteiger charge is -2.29. The number of hydrogen-bond acceptors (Lipinski definition) is 6. The molecule has 0 unspecified atom stereocenters. The number of fused-ring (bicyclic) bond motifs is 1. The predicted molar refractivity (Wildman–Crippen MR) is 111 cm³/mol. The van der Waals surface area contributed by atoms with Crippen molar-refractivity contribution in [2.75, 3.05) is 29.9 Å². The van der Waals surface area contributed by atoms with Gasteiger partial charge in [0, 0.05) is 31.5 Å². The van der Waals surface area contributed by atoms with Crippen LogP contribution in [0.3, 0.4) is 0 Å². The first kappa shape index (κ1) is 22.1. The second kappa shape index (κ2) is 9.17. The van der Waals surface area contributed by atoms with Crippen molar-refractivity contribution >= 4 is 17.3 Å². The van der Waals surface area contributed by atoms with Crippen LogP contribution in [-0.4, -0.2) is 51.5 Å². The number of alkyl halides is 3. The van der Waals surface area contributed by atoms with Crippen LogP contribution in [-0.2, 0) is 0 Å². The standard InChI is InChI=1S/C21H24F4N6O/c1-2-30(17-8-9-26-11-15(17)22)12-14-5-3-6-16(14)27-20-28-19-18(32-13-21(23,24)25)7-4-10-31(19)29-20/h4,7-11,14,16H,2-3,5-6,12-13H2,1H3,(H,27,29)/t14-,16+/m0/s1. The van der Waals surface area contributed by atoms with E-state index in [2.05, 4.69) is 20.4 Å². The topological polar surface area (TPSA) is 67.6 Å². The smallest absolute Gasteiger partial charge is 0.422 e. The summed E-state index contributed by atoms with van der Waals surface area (Å²) in [6, 6.07) is 4.71. The van der Waals surface area contributed by atoms with Crippen LogP contribution in [0.1, 0.15) is 26.2 Å². The Morgan fingerprint density at radius 3 is 2.88 bits per heavy atom. The maximum Gasteiger partial charge on any atom is 0.422 e. The van der Waals surface area contributed by atoms with Crippen LogP contribution in [0.25, 0.3) is 5.65 Å². The van der Waals surface area contributed by atoms with Crippen molar-refractivity contribution in [1.29, 1.82) is 0 Å². The molecule has 7 nitrogen and oxygen atoms in total. The summed E-state index contributed by atoms with van der Waals surface area (Å²) in [4.78, 5) is 10.2. The molecule has 32 heavy (non-hydrogen) atoms. The van der Waals surface area contributed by atoms with Gasteiger partial charge >= 0.3 is 6.18 Å². The van der Waals surface area contributed by atoms with Crippen LogP contribution in [0, 0.1) is 11.7 Å². The molecule has 0 saturated heterocycles. The molecule has 3 aromatic rings. The molecule has 0 aliphatic heterocycles. The minimum absolute atomic E-state index is 0.0127. The van der Waals surface area contributed by atoms with Gasteiger partial charge in [0.2, 0.25) is 5.95 Å². The zero-order chi connectivity index (χ0) is 22.7. The van der Waals surface area contributed by atoms with Crippen molar-refractivity contribution in [3.05, 3.63) is 42.6 Å². The Morgan fingerprint density at radius 1 is 1.28 bits per heavy atom. The molecule has 0 aromatic carbocycles. The minimum atomic E-state index is -4.44. The van der Waals surface area contributed by atoms with E-state index in [-0.39, 0.29) is 29.2 Å². The summed E-state index contributed by atoms with van der Waals surface area (Å²) in [6.45, 7) is 1.88. The van der Waals surface area contributed by atoms with Crippen LogP contribution < -0.4 is 15.0 Å². The first-order valence-corrected chi connectivity index (χ1v) is 10.5. The summed E-state index contributed by atoms with van der Waals surface area (Å²) >= 11 is 0. The van der Waals surface area contributed by atoms with Crippen molar-refractivity contribution in [3.8, 4) is 5.75 Å². The summed E-state index contributed by atoms with van der Waals surface area (Å²) < 4.78 is 58.1. The molecule has 0 radical (unpaired) electrons. The van der Waals surface area contributed by atoms with Gasteiger partial charge in [0.1, 0.15) is 0 Å². The Bertz CT molecular complexity index is 1060. The maximum absolute atomic E-state index is 14.2. The van der Waals surface area contributed by atoms with Crippen molar-refractivity contribution in [3.63, 3.8) is 0 Å². The van der Waals surface area contributed by atoms with E-state index in [1.807, 2.05) is 11.8 Å².